The molecule has 25 heavy (non-hydrogen) atoms. The molecule has 8 heteroatoms. The SMILES string of the molecule is CCCCn1nc(C(=O)Nc2cc(C(=O)NC)ccc2Cl)ccc1=O. The standard InChI is InChI=1S/C17H19ClN4O3/c1-3-4-9-22-15(23)8-7-13(21-22)17(25)20-14-10-11(16(24)19-2)5-6-12(14)18/h5-8,10H,3-4,9H2,1-2H3,(H,19,24)(H,20,25). The van der Waals surface area contributed by atoms with Gasteiger partial charge in [-0.15, -0.1) is 0 Å². The molecule has 0 aliphatic rings. The van der Waals surface area contributed by atoms with Crippen molar-refractivity contribution in [1.82, 2.24) is 15.1 Å². The molecule has 2 amide bonds. The molecule has 0 spiro atoms. The number of aromatic nitrogens is 2. The molecule has 0 aliphatic carbocycles. The van der Waals surface area contributed by atoms with Crippen molar-refractivity contribution >= 4 is 29.1 Å². The van der Waals surface area contributed by atoms with Crippen molar-refractivity contribution in [2.24, 2.45) is 0 Å². The summed E-state index contributed by atoms with van der Waals surface area (Å²) >= 11 is 6.08. The maximum absolute atomic E-state index is 12.4. The van der Waals surface area contributed by atoms with Gasteiger partial charge in [0.1, 0.15) is 5.69 Å². The number of benzene rings is 1. The van der Waals surface area contributed by atoms with E-state index in [9.17, 15) is 14.4 Å². The van der Waals surface area contributed by atoms with Crippen LogP contribution in [0.25, 0.3) is 0 Å². The van der Waals surface area contributed by atoms with Crippen LogP contribution in [0.4, 0.5) is 5.69 Å². The fourth-order valence-corrected chi connectivity index (χ4v) is 2.30. The Morgan fingerprint density at radius 2 is 1.96 bits per heavy atom. The van der Waals surface area contributed by atoms with Crippen LogP contribution in [-0.4, -0.2) is 28.6 Å². The average molecular weight is 363 g/mol. The van der Waals surface area contributed by atoms with Gasteiger partial charge in [0.2, 0.25) is 0 Å². The third kappa shape index (κ3) is 4.67. The van der Waals surface area contributed by atoms with Crippen molar-refractivity contribution in [2.45, 2.75) is 26.3 Å². The van der Waals surface area contributed by atoms with Gasteiger partial charge in [0, 0.05) is 25.2 Å². The molecule has 1 aromatic carbocycles. The van der Waals surface area contributed by atoms with Gasteiger partial charge >= 0.3 is 0 Å². The second-order valence-corrected chi connectivity index (χ2v) is 5.77. The van der Waals surface area contributed by atoms with Crippen molar-refractivity contribution in [3.63, 3.8) is 0 Å². The van der Waals surface area contributed by atoms with Crippen LogP contribution in [0.1, 0.15) is 40.6 Å². The van der Waals surface area contributed by atoms with Gasteiger partial charge in [0.05, 0.1) is 10.7 Å². The van der Waals surface area contributed by atoms with E-state index >= 15 is 0 Å². The quantitative estimate of drug-likeness (QED) is 0.824. The normalized spacial score (nSPS) is 10.4. The first-order valence-electron chi connectivity index (χ1n) is 7.87. The first-order valence-corrected chi connectivity index (χ1v) is 8.25. The maximum Gasteiger partial charge on any atom is 0.276 e. The van der Waals surface area contributed by atoms with Crippen molar-refractivity contribution in [3.05, 3.63) is 57.0 Å². The number of rotatable bonds is 6. The summed E-state index contributed by atoms with van der Waals surface area (Å²) in [5.41, 5.74) is 0.491. The topological polar surface area (TPSA) is 93.1 Å². The summed E-state index contributed by atoms with van der Waals surface area (Å²) in [5.74, 6) is -0.806. The highest BCUT2D eigenvalue weighted by atomic mass is 35.5. The molecule has 132 valence electrons. The van der Waals surface area contributed by atoms with Crippen LogP contribution in [0.15, 0.2) is 35.1 Å². The predicted molar refractivity (Wildman–Crippen MR) is 96.2 cm³/mol. The van der Waals surface area contributed by atoms with E-state index in [4.69, 9.17) is 11.6 Å². The number of carbonyl (C=O) groups is 2. The highest BCUT2D eigenvalue weighted by molar-refractivity contribution is 6.34. The number of nitrogens with zero attached hydrogens (tertiary/aromatic N) is 2. The van der Waals surface area contributed by atoms with E-state index in [1.54, 1.807) is 6.07 Å². The lowest BCUT2D eigenvalue weighted by Crippen LogP contribution is -2.26. The van der Waals surface area contributed by atoms with Gasteiger partial charge in [-0.1, -0.05) is 24.9 Å². The Morgan fingerprint density at radius 1 is 1.20 bits per heavy atom. The summed E-state index contributed by atoms with van der Waals surface area (Å²) in [6.45, 7) is 2.45. The summed E-state index contributed by atoms with van der Waals surface area (Å²) in [6.07, 6.45) is 1.70. The number of unbranched alkanes of at least 4 members (excludes halogenated alkanes) is 1. The lowest BCUT2D eigenvalue weighted by atomic mass is 10.2. The molecular formula is C17H19ClN4O3. The van der Waals surface area contributed by atoms with Crippen LogP contribution in [0, 0.1) is 0 Å². The van der Waals surface area contributed by atoms with E-state index in [2.05, 4.69) is 15.7 Å². The molecule has 1 aromatic heterocycles. The number of aryl methyl sites for hydroxylation is 1. The zero-order valence-electron chi connectivity index (χ0n) is 14.0. The average Bonchev–Trinajstić information content (AvgIpc) is 2.62. The molecule has 7 nitrogen and oxygen atoms in total. The minimum atomic E-state index is -0.513. The number of nitrogens with one attached hydrogen (secondary N) is 2. The van der Waals surface area contributed by atoms with Crippen LogP contribution < -0.4 is 16.2 Å². The zero-order valence-corrected chi connectivity index (χ0v) is 14.8. The third-order valence-electron chi connectivity index (χ3n) is 3.53. The summed E-state index contributed by atoms with van der Waals surface area (Å²) < 4.78 is 1.26. The van der Waals surface area contributed by atoms with Crippen molar-refractivity contribution in [3.8, 4) is 0 Å². The Kier molecular flexibility index (Phi) is 6.30. The van der Waals surface area contributed by atoms with Gasteiger partial charge in [0.25, 0.3) is 17.4 Å². The molecule has 0 radical (unpaired) electrons. The molecule has 0 aliphatic heterocycles. The molecule has 1 heterocycles. The van der Waals surface area contributed by atoms with E-state index in [-0.39, 0.29) is 17.2 Å². The van der Waals surface area contributed by atoms with Gasteiger partial charge < -0.3 is 10.6 Å². The Balaban J connectivity index is 2.25. The first kappa shape index (κ1) is 18.7. The fraction of sp³-hybridized carbons (Fsp3) is 0.294. The summed E-state index contributed by atoms with van der Waals surface area (Å²) in [5, 5.41) is 9.49. The number of hydrogen-bond donors (Lipinski definition) is 2. The number of amides is 2. The number of carbonyl (C=O) groups excluding carboxylic acids is 2. The Morgan fingerprint density at radius 3 is 2.64 bits per heavy atom. The molecule has 0 atom stereocenters. The molecule has 0 saturated heterocycles. The van der Waals surface area contributed by atoms with Gasteiger partial charge in [-0.05, 0) is 30.7 Å². The lowest BCUT2D eigenvalue weighted by Gasteiger charge is -2.10. The molecule has 0 bridgehead atoms. The lowest BCUT2D eigenvalue weighted by molar-refractivity contribution is 0.0961. The summed E-state index contributed by atoms with van der Waals surface area (Å²) in [7, 11) is 1.51. The van der Waals surface area contributed by atoms with E-state index in [1.807, 2.05) is 6.92 Å². The fourth-order valence-electron chi connectivity index (χ4n) is 2.13. The van der Waals surface area contributed by atoms with Gasteiger partial charge in [-0.2, -0.15) is 5.10 Å². The Labute approximate surface area is 150 Å². The molecular weight excluding hydrogens is 344 g/mol. The highest BCUT2D eigenvalue weighted by Crippen LogP contribution is 2.23. The molecule has 2 aromatic rings. The highest BCUT2D eigenvalue weighted by Gasteiger charge is 2.14. The predicted octanol–water partition coefficient (Wildman–Crippen LogP) is 2.31. The van der Waals surface area contributed by atoms with E-state index in [0.29, 0.717) is 22.8 Å². The minimum Gasteiger partial charge on any atom is -0.355 e. The zero-order chi connectivity index (χ0) is 18.4. The Bertz CT molecular complexity index is 848. The molecule has 2 rings (SSSR count). The molecule has 0 unspecified atom stereocenters. The van der Waals surface area contributed by atoms with Crippen LogP contribution in [0.2, 0.25) is 5.02 Å². The van der Waals surface area contributed by atoms with E-state index in [1.165, 1.54) is 36.0 Å². The third-order valence-corrected chi connectivity index (χ3v) is 3.86. The van der Waals surface area contributed by atoms with Crippen LogP contribution in [0.3, 0.4) is 0 Å². The number of halogens is 1. The summed E-state index contributed by atoms with van der Waals surface area (Å²) in [4.78, 5) is 35.9. The van der Waals surface area contributed by atoms with E-state index < -0.39 is 5.91 Å². The largest absolute Gasteiger partial charge is 0.355 e. The van der Waals surface area contributed by atoms with Crippen LogP contribution in [-0.2, 0) is 6.54 Å². The monoisotopic (exact) mass is 362 g/mol. The minimum absolute atomic E-state index is 0.0946. The van der Waals surface area contributed by atoms with Crippen molar-refractivity contribution in [2.75, 3.05) is 12.4 Å². The summed E-state index contributed by atoms with van der Waals surface area (Å²) in [6, 6.07) is 7.22. The van der Waals surface area contributed by atoms with Gasteiger partial charge in [0.15, 0.2) is 0 Å². The maximum atomic E-state index is 12.4. The van der Waals surface area contributed by atoms with Crippen molar-refractivity contribution < 1.29 is 9.59 Å². The van der Waals surface area contributed by atoms with E-state index in [0.717, 1.165) is 12.8 Å². The van der Waals surface area contributed by atoms with Crippen LogP contribution in [0.5, 0.6) is 0 Å². The number of hydrogen-bond acceptors (Lipinski definition) is 4. The molecule has 0 fully saturated rings. The second kappa shape index (κ2) is 8.43. The van der Waals surface area contributed by atoms with Gasteiger partial charge in [-0.3, -0.25) is 14.4 Å². The second-order valence-electron chi connectivity index (χ2n) is 5.36. The first-order chi connectivity index (χ1) is 12.0. The molecule has 0 saturated carbocycles. The Hall–Kier alpha value is -2.67. The number of anilines is 1. The van der Waals surface area contributed by atoms with Crippen molar-refractivity contribution in [1.29, 1.82) is 0 Å². The molecule has 2 N–H and O–H groups in total. The van der Waals surface area contributed by atoms with Crippen LogP contribution >= 0.6 is 11.6 Å². The smallest absolute Gasteiger partial charge is 0.276 e. The van der Waals surface area contributed by atoms with Gasteiger partial charge in [-0.25, -0.2) is 4.68 Å².